The average molecular weight is 250 g/mol. The van der Waals surface area contributed by atoms with Crippen molar-refractivity contribution in [1.29, 1.82) is 0 Å². The van der Waals surface area contributed by atoms with Gasteiger partial charge in [0.15, 0.2) is 0 Å². The zero-order valence-corrected chi connectivity index (χ0v) is 12.3. The van der Waals surface area contributed by atoms with Gasteiger partial charge in [0.2, 0.25) is 0 Å². The molecule has 2 heteroatoms. The van der Waals surface area contributed by atoms with Gasteiger partial charge in [-0.3, -0.25) is 0 Å². The largest absolute Gasteiger partial charge is 0.337 e. The second-order valence-electron chi connectivity index (χ2n) is 5.43. The molecule has 0 fully saturated rings. The lowest BCUT2D eigenvalue weighted by atomic mass is 10.1. The summed E-state index contributed by atoms with van der Waals surface area (Å²) >= 11 is 0. The Morgan fingerprint density at radius 1 is 0.889 bits per heavy atom. The lowest BCUT2D eigenvalue weighted by molar-refractivity contribution is 0.534. The summed E-state index contributed by atoms with van der Waals surface area (Å²) in [5.74, 6) is 0. The maximum Gasteiger partial charge on any atom is 0.0949 e. The van der Waals surface area contributed by atoms with Crippen molar-refractivity contribution in [2.24, 2.45) is 0 Å². The van der Waals surface area contributed by atoms with E-state index in [1.807, 2.05) is 6.33 Å². The summed E-state index contributed by atoms with van der Waals surface area (Å²) in [6.45, 7) is 5.47. The van der Waals surface area contributed by atoms with Gasteiger partial charge >= 0.3 is 0 Å². The standard InChI is InChI=1S/C16H30N2/c1-3-4-5-6-7-8-9-10-11-12-13-18-14-16(2)17-15-18/h14-15H,3-13H2,1-2H3. The number of nitrogens with zero attached hydrogens (tertiary/aromatic N) is 2. The second-order valence-corrected chi connectivity index (χ2v) is 5.43. The van der Waals surface area contributed by atoms with E-state index in [0.717, 1.165) is 12.2 Å². The molecule has 0 bridgehead atoms. The van der Waals surface area contributed by atoms with Crippen LogP contribution in [0, 0.1) is 6.92 Å². The molecule has 0 radical (unpaired) electrons. The van der Waals surface area contributed by atoms with Crippen LogP contribution in [0.15, 0.2) is 12.5 Å². The summed E-state index contributed by atoms with van der Waals surface area (Å²) in [6, 6.07) is 0. The number of aryl methyl sites for hydroxylation is 2. The zero-order valence-electron chi connectivity index (χ0n) is 12.3. The van der Waals surface area contributed by atoms with Gasteiger partial charge in [0.05, 0.1) is 12.0 Å². The van der Waals surface area contributed by atoms with Gasteiger partial charge in [-0.1, -0.05) is 64.7 Å². The topological polar surface area (TPSA) is 17.8 Å². The van der Waals surface area contributed by atoms with Crippen molar-refractivity contribution in [1.82, 2.24) is 9.55 Å². The molecule has 0 aliphatic rings. The van der Waals surface area contributed by atoms with Crippen molar-refractivity contribution in [3.05, 3.63) is 18.2 Å². The molecule has 2 nitrogen and oxygen atoms in total. The Morgan fingerprint density at radius 3 is 1.94 bits per heavy atom. The lowest BCUT2D eigenvalue weighted by Crippen LogP contribution is -1.94. The maximum atomic E-state index is 4.24. The minimum Gasteiger partial charge on any atom is -0.337 e. The number of imidazole rings is 1. The zero-order chi connectivity index (χ0) is 13.1. The number of hydrogen-bond donors (Lipinski definition) is 0. The van der Waals surface area contributed by atoms with Gasteiger partial charge in [-0.2, -0.15) is 0 Å². The van der Waals surface area contributed by atoms with E-state index in [4.69, 9.17) is 0 Å². The maximum absolute atomic E-state index is 4.24. The number of hydrogen-bond acceptors (Lipinski definition) is 1. The first-order valence-electron chi connectivity index (χ1n) is 7.81. The fraction of sp³-hybridized carbons (Fsp3) is 0.812. The molecule has 0 unspecified atom stereocenters. The Balaban J connectivity index is 1.81. The minimum absolute atomic E-state index is 1.13. The van der Waals surface area contributed by atoms with Gasteiger partial charge in [0.1, 0.15) is 0 Å². The van der Waals surface area contributed by atoms with Crippen LogP contribution in [-0.2, 0) is 6.54 Å². The summed E-state index contributed by atoms with van der Waals surface area (Å²) in [4.78, 5) is 4.24. The highest BCUT2D eigenvalue weighted by Crippen LogP contribution is 2.10. The molecule has 0 N–H and O–H groups in total. The first kappa shape index (κ1) is 15.3. The number of unbranched alkanes of at least 4 members (excludes halogenated alkanes) is 9. The first-order valence-corrected chi connectivity index (χ1v) is 7.81. The quantitative estimate of drug-likeness (QED) is 0.499. The van der Waals surface area contributed by atoms with Crippen LogP contribution in [0.25, 0.3) is 0 Å². The van der Waals surface area contributed by atoms with Crippen LogP contribution >= 0.6 is 0 Å². The smallest absolute Gasteiger partial charge is 0.0949 e. The molecule has 0 atom stereocenters. The molecular weight excluding hydrogens is 220 g/mol. The van der Waals surface area contributed by atoms with Crippen LogP contribution in [0.1, 0.15) is 76.8 Å². The average Bonchev–Trinajstić information content (AvgIpc) is 2.77. The molecule has 104 valence electrons. The molecule has 1 heterocycles. The van der Waals surface area contributed by atoms with Gasteiger partial charge < -0.3 is 4.57 Å². The van der Waals surface area contributed by atoms with Crippen molar-refractivity contribution >= 4 is 0 Å². The van der Waals surface area contributed by atoms with Crippen molar-refractivity contribution in [3.63, 3.8) is 0 Å². The third-order valence-corrected chi connectivity index (χ3v) is 3.53. The summed E-state index contributed by atoms with van der Waals surface area (Å²) in [5.41, 5.74) is 1.13. The highest BCUT2D eigenvalue weighted by Gasteiger charge is 1.95. The van der Waals surface area contributed by atoms with Crippen molar-refractivity contribution in [3.8, 4) is 0 Å². The third kappa shape index (κ3) is 7.52. The van der Waals surface area contributed by atoms with E-state index < -0.39 is 0 Å². The summed E-state index contributed by atoms with van der Waals surface area (Å²) < 4.78 is 2.21. The molecule has 0 aromatic carbocycles. The Kier molecular flexibility index (Phi) is 8.62. The van der Waals surface area contributed by atoms with Crippen LogP contribution < -0.4 is 0 Å². The highest BCUT2D eigenvalue weighted by molar-refractivity contribution is 4.91. The highest BCUT2D eigenvalue weighted by atomic mass is 15.0. The van der Waals surface area contributed by atoms with E-state index in [0.29, 0.717) is 0 Å². The van der Waals surface area contributed by atoms with Gasteiger partial charge in [0, 0.05) is 12.7 Å². The summed E-state index contributed by atoms with van der Waals surface area (Å²) in [5, 5.41) is 0. The van der Waals surface area contributed by atoms with E-state index in [1.165, 1.54) is 64.2 Å². The van der Waals surface area contributed by atoms with Gasteiger partial charge in [-0.15, -0.1) is 0 Å². The minimum atomic E-state index is 1.13. The normalized spacial score (nSPS) is 11.0. The Morgan fingerprint density at radius 2 is 1.44 bits per heavy atom. The molecule has 1 rings (SSSR count). The Bertz CT molecular complexity index is 291. The van der Waals surface area contributed by atoms with E-state index >= 15 is 0 Å². The molecule has 18 heavy (non-hydrogen) atoms. The predicted octanol–water partition coefficient (Wildman–Crippen LogP) is 5.11. The summed E-state index contributed by atoms with van der Waals surface area (Å²) in [7, 11) is 0. The van der Waals surface area contributed by atoms with E-state index in [2.05, 4.69) is 29.6 Å². The predicted molar refractivity (Wildman–Crippen MR) is 78.8 cm³/mol. The first-order chi connectivity index (χ1) is 8.83. The molecule has 1 aromatic heterocycles. The van der Waals surface area contributed by atoms with Crippen molar-refractivity contribution < 1.29 is 0 Å². The molecule has 0 amide bonds. The Hall–Kier alpha value is -0.790. The third-order valence-electron chi connectivity index (χ3n) is 3.53. The van der Waals surface area contributed by atoms with Gasteiger partial charge in [-0.05, 0) is 13.3 Å². The molecule has 0 aliphatic heterocycles. The van der Waals surface area contributed by atoms with Crippen molar-refractivity contribution in [2.75, 3.05) is 0 Å². The number of rotatable bonds is 11. The molecule has 0 spiro atoms. The van der Waals surface area contributed by atoms with Crippen LogP contribution in [0.5, 0.6) is 0 Å². The van der Waals surface area contributed by atoms with Crippen LogP contribution in [0.3, 0.4) is 0 Å². The fourth-order valence-electron chi connectivity index (χ4n) is 2.38. The van der Waals surface area contributed by atoms with Crippen LogP contribution in [-0.4, -0.2) is 9.55 Å². The monoisotopic (exact) mass is 250 g/mol. The van der Waals surface area contributed by atoms with Crippen LogP contribution in [0.2, 0.25) is 0 Å². The second kappa shape index (κ2) is 10.2. The van der Waals surface area contributed by atoms with E-state index in [9.17, 15) is 0 Å². The summed E-state index contributed by atoms with van der Waals surface area (Å²) in [6.07, 6.45) is 18.1. The number of aromatic nitrogens is 2. The lowest BCUT2D eigenvalue weighted by Gasteiger charge is -2.03. The van der Waals surface area contributed by atoms with Crippen LogP contribution in [0.4, 0.5) is 0 Å². The molecule has 0 aliphatic carbocycles. The molecule has 1 aromatic rings. The van der Waals surface area contributed by atoms with E-state index in [-0.39, 0.29) is 0 Å². The molecular formula is C16H30N2. The molecule has 0 saturated heterocycles. The Labute approximate surface area is 113 Å². The van der Waals surface area contributed by atoms with E-state index in [1.54, 1.807) is 0 Å². The fourth-order valence-corrected chi connectivity index (χ4v) is 2.38. The SMILES string of the molecule is CCCCCCCCCCCCn1cnc(C)c1. The van der Waals surface area contributed by atoms with Gasteiger partial charge in [-0.25, -0.2) is 4.98 Å². The molecule has 0 saturated carbocycles. The van der Waals surface area contributed by atoms with Crippen molar-refractivity contribution in [2.45, 2.75) is 84.6 Å². The van der Waals surface area contributed by atoms with Gasteiger partial charge in [0.25, 0.3) is 0 Å².